The van der Waals surface area contributed by atoms with Crippen molar-refractivity contribution >= 4 is 5.91 Å². The van der Waals surface area contributed by atoms with E-state index in [-0.39, 0.29) is 11.5 Å². The van der Waals surface area contributed by atoms with Crippen LogP contribution < -0.4 is 5.73 Å². The lowest BCUT2D eigenvalue weighted by Gasteiger charge is -2.50. The zero-order valence-electron chi connectivity index (χ0n) is 11.7. The van der Waals surface area contributed by atoms with Crippen LogP contribution in [0, 0.1) is 5.41 Å². The van der Waals surface area contributed by atoms with Crippen LogP contribution in [0.4, 0.5) is 0 Å². The Kier molecular flexibility index (Phi) is 3.97. The van der Waals surface area contributed by atoms with Gasteiger partial charge in [-0.15, -0.1) is 0 Å². The van der Waals surface area contributed by atoms with E-state index in [4.69, 9.17) is 10.5 Å². The van der Waals surface area contributed by atoms with E-state index >= 15 is 0 Å². The maximum atomic E-state index is 10.9. The van der Waals surface area contributed by atoms with Crippen LogP contribution in [-0.2, 0) is 9.53 Å². The second-order valence-corrected chi connectivity index (χ2v) is 6.63. The molecule has 0 aliphatic carbocycles. The lowest BCUT2D eigenvalue weighted by atomic mass is 9.69. The Bertz CT molecular complexity index is 313. The first-order chi connectivity index (χ1) is 8.41. The molecule has 1 atom stereocenters. The molecule has 2 rings (SSSR count). The molecule has 2 N–H and O–H groups in total. The van der Waals surface area contributed by atoms with Crippen molar-refractivity contribution in [3.8, 4) is 0 Å². The highest BCUT2D eigenvalue weighted by atomic mass is 16.5. The number of carbonyl (C=O) groups is 1. The monoisotopic (exact) mass is 254 g/mol. The molecule has 1 spiro atoms. The predicted octanol–water partition coefficient (Wildman–Crippen LogP) is 1.53. The van der Waals surface area contributed by atoms with Crippen LogP contribution in [0.5, 0.6) is 0 Å². The Morgan fingerprint density at radius 1 is 1.39 bits per heavy atom. The largest absolute Gasteiger partial charge is 0.376 e. The quantitative estimate of drug-likeness (QED) is 0.831. The number of piperidine rings is 1. The first-order valence-electron chi connectivity index (χ1n) is 7.06. The normalized spacial score (nSPS) is 32.6. The van der Waals surface area contributed by atoms with E-state index in [0.717, 1.165) is 39.1 Å². The van der Waals surface area contributed by atoms with Crippen molar-refractivity contribution in [1.29, 1.82) is 0 Å². The second-order valence-electron chi connectivity index (χ2n) is 6.63. The summed E-state index contributed by atoms with van der Waals surface area (Å²) in [5, 5.41) is 0. The van der Waals surface area contributed by atoms with Crippen molar-refractivity contribution < 1.29 is 9.53 Å². The molecule has 4 heteroatoms. The molecule has 0 bridgehead atoms. The Morgan fingerprint density at radius 2 is 2.17 bits per heavy atom. The van der Waals surface area contributed by atoms with Crippen LogP contribution >= 0.6 is 0 Å². The Balaban J connectivity index is 1.94. The third kappa shape index (κ3) is 3.45. The van der Waals surface area contributed by atoms with Crippen LogP contribution in [-0.4, -0.2) is 42.6 Å². The summed E-state index contributed by atoms with van der Waals surface area (Å²) in [6, 6.07) is 0. The van der Waals surface area contributed by atoms with Crippen LogP contribution in [0.25, 0.3) is 0 Å². The van der Waals surface area contributed by atoms with Crippen molar-refractivity contribution in [2.45, 2.75) is 51.6 Å². The van der Waals surface area contributed by atoms with Crippen molar-refractivity contribution in [2.75, 3.05) is 26.2 Å². The Hall–Kier alpha value is -0.610. The fourth-order valence-corrected chi connectivity index (χ4v) is 3.70. The van der Waals surface area contributed by atoms with E-state index in [2.05, 4.69) is 18.7 Å². The Morgan fingerprint density at radius 3 is 2.83 bits per heavy atom. The van der Waals surface area contributed by atoms with E-state index < -0.39 is 0 Å². The zero-order chi connectivity index (χ0) is 13.2. The van der Waals surface area contributed by atoms with E-state index in [1.165, 1.54) is 12.8 Å². The molecule has 2 aliphatic heterocycles. The molecule has 0 unspecified atom stereocenters. The van der Waals surface area contributed by atoms with E-state index in [1.54, 1.807) is 0 Å². The van der Waals surface area contributed by atoms with Crippen molar-refractivity contribution in [3.63, 3.8) is 0 Å². The number of rotatable bonds is 3. The highest BCUT2D eigenvalue weighted by Gasteiger charge is 2.43. The highest BCUT2D eigenvalue weighted by Crippen LogP contribution is 2.44. The predicted molar refractivity (Wildman–Crippen MR) is 71.2 cm³/mol. The summed E-state index contributed by atoms with van der Waals surface area (Å²) in [7, 11) is 0. The van der Waals surface area contributed by atoms with Gasteiger partial charge in [0.05, 0.1) is 5.60 Å². The fourth-order valence-electron chi connectivity index (χ4n) is 3.70. The van der Waals surface area contributed by atoms with Crippen LogP contribution in [0.2, 0.25) is 0 Å². The number of likely N-dealkylation sites (tertiary alicyclic amines) is 1. The molecule has 2 heterocycles. The van der Waals surface area contributed by atoms with Gasteiger partial charge in [0.15, 0.2) is 0 Å². The molecule has 2 fully saturated rings. The molecule has 0 radical (unpaired) electrons. The number of hydrogen-bond acceptors (Lipinski definition) is 3. The summed E-state index contributed by atoms with van der Waals surface area (Å²) < 4.78 is 5.83. The second kappa shape index (κ2) is 5.17. The third-order valence-corrected chi connectivity index (χ3v) is 4.34. The topological polar surface area (TPSA) is 55.6 Å². The number of nitrogens with zero attached hydrogens (tertiary/aromatic N) is 1. The molecule has 2 saturated heterocycles. The molecule has 4 nitrogen and oxygen atoms in total. The summed E-state index contributed by atoms with van der Waals surface area (Å²) >= 11 is 0. The number of nitrogens with two attached hydrogens (primary N) is 1. The molecular weight excluding hydrogens is 228 g/mol. The van der Waals surface area contributed by atoms with E-state index in [1.807, 2.05) is 0 Å². The number of carbonyl (C=O) groups excluding carboxylic acids is 1. The molecule has 0 saturated carbocycles. The van der Waals surface area contributed by atoms with Gasteiger partial charge in [0.1, 0.15) is 0 Å². The highest BCUT2D eigenvalue weighted by molar-refractivity contribution is 5.73. The number of ether oxygens (including phenoxy) is 1. The summed E-state index contributed by atoms with van der Waals surface area (Å²) in [4.78, 5) is 13.3. The lowest BCUT2D eigenvalue weighted by molar-refractivity contribution is -0.125. The minimum Gasteiger partial charge on any atom is -0.376 e. The molecule has 0 aromatic heterocycles. The van der Waals surface area contributed by atoms with Crippen LogP contribution in [0.15, 0.2) is 0 Å². The van der Waals surface area contributed by atoms with Gasteiger partial charge in [0, 0.05) is 26.1 Å². The van der Waals surface area contributed by atoms with Gasteiger partial charge in [0.2, 0.25) is 5.91 Å². The van der Waals surface area contributed by atoms with E-state index in [9.17, 15) is 4.79 Å². The first kappa shape index (κ1) is 13.8. The third-order valence-electron chi connectivity index (χ3n) is 4.34. The minimum absolute atomic E-state index is 0.00491. The van der Waals surface area contributed by atoms with Crippen LogP contribution in [0.3, 0.4) is 0 Å². The zero-order valence-corrected chi connectivity index (χ0v) is 11.7. The molecule has 104 valence electrons. The van der Waals surface area contributed by atoms with Crippen molar-refractivity contribution in [1.82, 2.24) is 4.90 Å². The van der Waals surface area contributed by atoms with Crippen molar-refractivity contribution in [3.05, 3.63) is 0 Å². The standard InChI is InChI=1S/C14H26N2O2/c1-13(2)10-14(6-9-18-13)5-3-7-16(11-14)8-4-12(15)17/h3-11H2,1-2H3,(H2,15,17)/t14-/m1/s1. The molecule has 18 heavy (non-hydrogen) atoms. The number of primary amides is 1. The average molecular weight is 254 g/mol. The maximum Gasteiger partial charge on any atom is 0.218 e. The van der Waals surface area contributed by atoms with Gasteiger partial charge >= 0.3 is 0 Å². The van der Waals surface area contributed by atoms with Crippen LogP contribution in [0.1, 0.15) is 46.0 Å². The SMILES string of the molecule is CC1(C)C[C@@]2(CCCN(CCC(N)=O)C2)CCO1. The fraction of sp³-hybridized carbons (Fsp3) is 0.929. The summed E-state index contributed by atoms with van der Waals surface area (Å²) in [6.07, 6.45) is 5.30. The molecule has 2 aliphatic rings. The summed E-state index contributed by atoms with van der Waals surface area (Å²) in [6.45, 7) is 8.28. The lowest BCUT2D eigenvalue weighted by Crippen LogP contribution is -2.51. The smallest absolute Gasteiger partial charge is 0.218 e. The summed E-state index contributed by atoms with van der Waals surface area (Å²) in [5.74, 6) is -0.193. The van der Waals surface area contributed by atoms with E-state index in [0.29, 0.717) is 11.8 Å². The first-order valence-corrected chi connectivity index (χ1v) is 7.06. The Labute approximate surface area is 110 Å². The van der Waals surface area contributed by atoms with Gasteiger partial charge in [-0.05, 0) is 51.5 Å². The molecular formula is C14H26N2O2. The van der Waals surface area contributed by atoms with Gasteiger partial charge in [-0.2, -0.15) is 0 Å². The molecule has 1 amide bonds. The van der Waals surface area contributed by atoms with Gasteiger partial charge in [-0.3, -0.25) is 4.79 Å². The van der Waals surface area contributed by atoms with Gasteiger partial charge in [-0.25, -0.2) is 0 Å². The summed E-state index contributed by atoms with van der Waals surface area (Å²) in [5.41, 5.74) is 5.64. The minimum atomic E-state index is -0.193. The average Bonchev–Trinajstić information content (AvgIpc) is 2.25. The van der Waals surface area contributed by atoms with Gasteiger partial charge < -0.3 is 15.4 Å². The molecule has 0 aromatic carbocycles. The van der Waals surface area contributed by atoms with Gasteiger partial charge in [0.25, 0.3) is 0 Å². The van der Waals surface area contributed by atoms with Crippen molar-refractivity contribution in [2.24, 2.45) is 11.1 Å². The number of hydrogen-bond donors (Lipinski definition) is 1. The van der Waals surface area contributed by atoms with Gasteiger partial charge in [-0.1, -0.05) is 0 Å². The number of amides is 1. The maximum absolute atomic E-state index is 10.9. The molecule has 0 aromatic rings.